The number of methoxy groups -OCH3 is 1. The van der Waals surface area contributed by atoms with Crippen molar-refractivity contribution in [1.82, 2.24) is 4.90 Å². The number of terminal acetylenes is 1. The molecule has 1 atom stereocenters. The minimum absolute atomic E-state index is 0.101. The van der Waals surface area contributed by atoms with E-state index in [-0.39, 0.29) is 22.8 Å². The predicted molar refractivity (Wildman–Crippen MR) is 84.2 cm³/mol. The molecule has 1 aliphatic carbocycles. The van der Waals surface area contributed by atoms with Crippen LogP contribution >= 0.6 is 0 Å². The molecule has 0 bridgehead atoms. The van der Waals surface area contributed by atoms with E-state index in [1.165, 1.54) is 25.3 Å². The summed E-state index contributed by atoms with van der Waals surface area (Å²) < 4.78 is 5.02. The largest absolute Gasteiger partial charge is 0.490 e. The van der Waals surface area contributed by atoms with Crippen LogP contribution in [0.15, 0.2) is 18.2 Å². The molecule has 1 spiro atoms. The number of benzene rings is 1. The maximum Gasteiger partial charge on any atom is 0.310 e. The van der Waals surface area contributed by atoms with Gasteiger partial charge in [-0.25, -0.2) is 0 Å². The Morgan fingerprint density at radius 2 is 2.17 bits per heavy atom. The summed E-state index contributed by atoms with van der Waals surface area (Å²) in [5.41, 5.74) is 0.516. The Kier molecular flexibility index (Phi) is 3.72. The molecule has 6 nitrogen and oxygen atoms in total. The van der Waals surface area contributed by atoms with Gasteiger partial charge in [-0.05, 0) is 30.7 Å². The molecule has 2 aliphatic rings. The van der Waals surface area contributed by atoms with E-state index >= 15 is 0 Å². The van der Waals surface area contributed by atoms with Gasteiger partial charge in [-0.1, -0.05) is 0 Å². The topological polar surface area (TPSA) is 72.7 Å². The van der Waals surface area contributed by atoms with E-state index in [4.69, 9.17) is 11.2 Å². The van der Waals surface area contributed by atoms with Crippen molar-refractivity contribution < 1.29 is 14.5 Å². The molecule has 23 heavy (non-hydrogen) atoms. The van der Waals surface area contributed by atoms with Gasteiger partial charge < -0.3 is 9.64 Å². The number of nitro groups is 1. The quantitative estimate of drug-likeness (QED) is 0.488. The van der Waals surface area contributed by atoms with Crippen LogP contribution in [0.1, 0.15) is 29.6 Å². The minimum atomic E-state index is -0.523. The molecule has 0 aromatic heterocycles. The number of likely N-dealkylation sites (tertiary alicyclic amines) is 1. The number of ether oxygens (including phenoxy) is 1. The van der Waals surface area contributed by atoms with Gasteiger partial charge in [-0.15, -0.1) is 12.3 Å². The molecule has 3 rings (SSSR count). The summed E-state index contributed by atoms with van der Waals surface area (Å²) in [5, 5.41) is 10.9. The minimum Gasteiger partial charge on any atom is -0.490 e. The Morgan fingerprint density at radius 1 is 1.48 bits per heavy atom. The molecular formula is C17H18N2O4. The number of hydrogen-bond donors (Lipinski definition) is 0. The predicted octanol–water partition coefficient (Wildman–Crippen LogP) is 2.48. The molecule has 6 heteroatoms. The fraction of sp³-hybridized carbons (Fsp3) is 0.471. The summed E-state index contributed by atoms with van der Waals surface area (Å²) in [4.78, 5) is 24.8. The lowest BCUT2D eigenvalue weighted by Crippen LogP contribution is -2.39. The first-order valence-corrected chi connectivity index (χ1v) is 7.58. The summed E-state index contributed by atoms with van der Waals surface area (Å²) in [5.74, 6) is 3.17. The second-order valence-electron chi connectivity index (χ2n) is 6.22. The Hall–Kier alpha value is -2.55. The van der Waals surface area contributed by atoms with Gasteiger partial charge in [0.15, 0.2) is 5.75 Å². The average molecular weight is 314 g/mol. The highest BCUT2D eigenvalue weighted by Crippen LogP contribution is 2.58. The zero-order valence-corrected chi connectivity index (χ0v) is 12.9. The number of nitrogens with zero attached hydrogens (tertiary/aromatic N) is 2. The highest BCUT2D eigenvalue weighted by molar-refractivity contribution is 5.95. The highest BCUT2D eigenvalue weighted by Gasteiger charge is 2.54. The SMILES string of the molecule is C#C[C@@H]1CC12CCN(C(=O)c1ccc([N+](=O)[O-])c(OC)c1)CC2. The zero-order valence-electron chi connectivity index (χ0n) is 12.9. The smallest absolute Gasteiger partial charge is 0.310 e. The van der Waals surface area contributed by atoms with Crippen molar-refractivity contribution in [3.63, 3.8) is 0 Å². The highest BCUT2D eigenvalue weighted by atomic mass is 16.6. The molecular weight excluding hydrogens is 296 g/mol. The van der Waals surface area contributed by atoms with E-state index in [2.05, 4.69) is 5.92 Å². The molecule has 1 saturated carbocycles. The zero-order chi connectivity index (χ0) is 16.6. The number of piperidine rings is 1. The second kappa shape index (κ2) is 5.58. The van der Waals surface area contributed by atoms with Crippen LogP contribution in [0.3, 0.4) is 0 Å². The summed E-state index contributed by atoms with van der Waals surface area (Å²) in [6.07, 6.45) is 8.42. The van der Waals surface area contributed by atoms with E-state index in [9.17, 15) is 14.9 Å². The molecule has 0 unspecified atom stereocenters. The van der Waals surface area contributed by atoms with Gasteiger partial charge in [0.05, 0.1) is 12.0 Å². The van der Waals surface area contributed by atoms with Crippen molar-refractivity contribution in [2.75, 3.05) is 20.2 Å². The van der Waals surface area contributed by atoms with Crippen LogP contribution in [0.2, 0.25) is 0 Å². The van der Waals surface area contributed by atoms with Crippen LogP contribution in [-0.4, -0.2) is 35.9 Å². The molecule has 1 aromatic carbocycles. The molecule has 120 valence electrons. The number of nitro benzene ring substituents is 1. The molecule has 1 aliphatic heterocycles. The first-order valence-electron chi connectivity index (χ1n) is 7.58. The number of carbonyl (C=O) groups excluding carboxylic acids is 1. The van der Waals surface area contributed by atoms with Crippen molar-refractivity contribution in [1.29, 1.82) is 0 Å². The van der Waals surface area contributed by atoms with Crippen molar-refractivity contribution in [3.05, 3.63) is 33.9 Å². The Balaban J connectivity index is 1.72. The van der Waals surface area contributed by atoms with E-state index < -0.39 is 4.92 Å². The first kappa shape index (κ1) is 15.3. The van der Waals surface area contributed by atoms with E-state index in [1.807, 2.05) is 0 Å². The van der Waals surface area contributed by atoms with Crippen LogP contribution in [0.25, 0.3) is 0 Å². The van der Waals surface area contributed by atoms with Crippen LogP contribution in [-0.2, 0) is 0 Å². The number of rotatable bonds is 3. The van der Waals surface area contributed by atoms with Crippen LogP contribution < -0.4 is 4.74 Å². The summed E-state index contributed by atoms with van der Waals surface area (Å²) in [7, 11) is 1.36. The maximum absolute atomic E-state index is 12.6. The van der Waals surface area contributed by atoms with Gasteiger partial charge in [-0.2, -0.15) is 0 Å². The Labute approximate surface area is 134 Å². The van der Waals surface area contributed by atoms with E-state index in [0.717, 1.165) is 19.3 Å². The molecule has 1 saturated heterocycles. The fourth-order valence-electron chi connectivity index (χ4n) is 3.44. The van der Waals surface area contributed by atoms with Crippen molar-refractivity contribution in [3.8, 4) is 18.1 Å². The van der Waals surface area contributed by atoms with Crippen LogP contribution in [0, 0.1) is 33.8 Å². The van der Waals surface area contributed by atoms with Crippen LogP contribution in [0.4, 0.5) is 5.69 Å². The third kappa shape index (κ3) is 2.63. The van der Waals surface area contributed by atoms with Crippen molar-refractivity contribution in [2.45, 2.75) is 19.3 Å². The van der Waals surface area contributed by atoms with Crippen LogP contribution in [0.5, 0.6) is 5.75 Å². The van der Waals surface area contributed by atoms with Gasteiger partial charge in [0.2, 0.25) is 0 Å². The lowest BCUT2D eigenvalue weighted by Gasteiger charge is -2.32. The number of carbonyl (C=O) groups is 1. The van der Waals surface area contributed by atoms with Gasteiger partial charge >= 0.3 is 5.69 Å². The lowest BCUT2D eigenvalue weighted by molar-refractivity contribution is -0.385. The average Bonchev–Trinajstić information content (AvgIpc) is 3.26. The fourth-order valence-corrected chi connectivity index (χ4v) is 3.44. The normalized spacial score (nSPS) is 21.6. The first-order chi connectivity index (χ1) is 11.0. The Morgan fingerprint density at radius 3 is 2.70 bits per heavy atom. The van der Waals surface area contributed by atoms with Gasteiger partial charge in [0.1, 0.15) is 0 Å². The monoisotopic (exact) mass is 314 g/mol. The lowest BCUT2D eigenvalue weighted by atomic mass is 9.90. The second-order valence-corrected chi connectivity index (χ2v) is 6.22. The number of amides is 1. The standard InChI is InChI=1S/C17H18N2O4/c1-3-13-11-17(13)6-8-18(9-7-17)16(20)12-4-5-14(19(21)22)15(10-12)23-2/h1,4-5,10,13H,6-9,11H2,2H3/t13-/m1/s1. The molecule has 0 N–H and O–H groups in total. The Bertz CT molecular complexity index is 699. The maximum atomic E-state index is 12.6. The summed E-state index contributed by atoms with van der Waals surface area (Å²) in [6.45, 7) is 1.35. The van der Waals surface area contributed by atoms with E-state index in [0.29, 0.717) is 24.6 Å². The third-order valence-electron chi connectivity index (χ3n) is 5.06. The molecule has 1 aromatic rings. The number of hydrogen-bond acceptors (Lipinski definition) is 4. The molecule has 0 radical (unpaired) electrons. The van der Waals surface area contributed by atoms with E-state index in [1.54, 1.807) is 4.90 Å². The molecule has 1 amide bonds. The molecule has 1 heterocycles. The van der Waals surface area contributed by atoms with Gasteiger partial charge in [0.25, 0.3) is 5.91 Å². The summed E-state index contributed by atoms with van der Waals surface area (Å²) >= 11 is 0. The molecule has 2 fully saturated rings. The summed E-state index contributed by atoms with van der Waals surface area (Å²) in [6, 6.07) is 4.23. The third-order valence-corrected chi connectivity index (χ3v) is 5.06. The van der Waals surface area contributed by atoms with Crippen molar-refractivity contribution in [2.24, 2.45) is 11.3 Å². The van der Waals surface area contributed by atoms with Gasteiger partial charge in [-0.3, -0.25) is 14.9 Å². The van der Waals surface area contributed by atoms with Crippen molar-refractivity contribution >= 4 is 11.6 Å². The van der Waals surface area contributed by atoms with Gasteiger partial charge in [0, 0.05) is 36.7 Å².